The van der Waals surface area contributed by atoms with Gasteiger partial charge in [0.1, 0.15) is 5.82 Å². The molecule has 2 aromatic carbocycles. The Bertz CT molecular complexity index is 1510. The molecule has 0 unspecified atom stereocenters. The predicted octanol–water partition coefficient (Wildman–Crippen LogP) is 4.02. The maximum absolute atomic E-state index is 14.3. The molecule has 1 aliphatic heterocycles. The maximum Gasteiger partial charge on any atom is 0.283 e. The highest BCUT2D eigenvalue weighted by Crippen LogP contribution is 2.37. The third-order valence-corrected chi connectivity index (χ3v) is 7.88. The Morgan fingerprint density at radius 3 is 2.37 bits per heavy atom. The van der Waals surface area contributed by atoms with Crippen LogP contribution in [0.25, 0.3) is 10.9 Å². The third kappa shape index (κ3) is 4.19. The lowest BCUT2D eigenvalue weighted by atomic mass is 10.1. The first-order chi connectivity index (χ1) is 16.6. The second-order valence-corrected chi connectivity index (χ2v) is 10.6. The van der Waals surface area contributed by atoms with Crippen molar-refractivity contribution in [2.24, 2.45) is 0 Å². The molecule has 8 nitrogen and oxygen atoms in total. The molecule has 2 aromatic heterocycles. The summed E-state index contributed by atoms with van der Waals surface area (Å²) in [6.07, 6.45) is 2.22. The molecule has 0 radical (unpaired) electrons. The zero-order chi connectivity index (χ0) is 24.9. The summed E-state index contributed by atoms with van der Waals surface area (Å²) in [6, 6.07) is 8.46. The summed E-state index contributed by atoms with van der Waals surface area (Å²) in [5.74, 6) is -0.446. The summed E-state index contributed by atoms with van der Waals surface area (Å²) in [6.45, 7) is 5.18. The molecule has 0 bridgehead atoms. The number of fused-ring (bicyclic) bond motifs is 1. The predicted molar refractivity (Wildman–Crippen MR) is 129 cm³/mol. The number of nitrogens with zero attached hydrogens (tertiary/aromatic N) is 6. The first kappa shape index (κ1) is 23.4. The number of halogens is 3. The number of piperazine rings is 1. The molecule has 1 saturated heterocycles. The highest BCUT2D eigenvalue weighted by Gasteiger charge is 2.32. The van der Waals surface area contributed by atoms with E-state index >= 15 is 0 Å². The molecular formula is C23H21ClF2N6O2S. The largest absolute Gasteiger partial charge is 0.348 e. The van der Waals surface area contributed by atoms with Gasteiger partial charge in [0.05, 0.1) is 33.2 Å². The Labute approximate surface area is 205 Å². The minimum absolute atomic E-state index is 0.0331. The van der Waals surface area contributed by atoms with Crippen molar-refractivity contribution in [1.82, 2.24) is 19.2 Å². The van der Waals surface area contributed by atoms with Crippen molar-refractivity contribution in [2.45, 2.75) is 24.8 Å². The van der Waals surface area contributed by atoms with Crippen LogP contribution in [0.4, 0.5) is 20.5 Å². The van der Waals surface area contributed by atoms with E-state index in [1.807, 2.05) is 23.6 Å². The van der Waals surface area contributed by atoms with Crippen LogP contribution in [-0.2, 0) is 10.0 Å². The lowest BCUT2D eigenvalue weighted by Gasteiger charge is -2.40. The first-order valence-electron chi connectivity index (χ1n) is 10.8. The summed E-state index contributed by atoms with van der Waals surface area (Å²) < 4.78 is 55.4. The van der Waals surface area contributed by atoms with Crippen LogP contribution in [0.15, 0.2) is 53.7 Å². The monoisotopic (exact) mass is 518 g/mol. The second-order valence-electron chi connectivity index (χ2n) is 8.46. The molecule has 1 atom stereocenters. The van der Waals surface area contributed by atoms with Crippen LogP contribution in [0.3, 0.4) is 0 Å². The van der Waals surface area contributed by atoms with E-state index in [9.17, 15) is 17.2 Å². The standard InChI is InChI=1S/C23H21ClF2N6O2S/c1-14-3-5-18(6-4-14)35(33,34)32-20-10-16(25)9-19(24)21(20)22(29-32)31-8-7-30(13-15(31)2)23-27-11-17(26)12-28-23/h3-6,9-12,15H,7-8,13H2,1-2H3/t15-/m1/s1. The molecule has 1 aliphatic rings. The number of rotatable bonds is 4. The van der Waals surface area contributed by atoms with E-state index in [0.717, 1.165) is 34.2 Å². The molecule has 3 heterocycles. The Kier molecular flexibility index (Phi) is 5.84. The lowest BCUT2D eigenvalue weighted by molar-refractivity contribution is 0.534. The van der Waals surface area contributed by atoms with Crippen molar-refractivity contribution in [1.29, 1.82) is 0 Å². The van der Waals surface area contributed by atoms with Gasteiger partial charge in [-0.1, -0.05) is 29.3 Å². The first-order valence-corrected chi connectivity index (χ1v) is 12.7. The lowest BCUT2D eigenvalue weighted by Crippen LogP contribution is -2.53. The number of hydrogen-bond acceptors (Lipinski definition) is 7. The molecule has 0 saturated carbocycles. The molecule has 12 heteroatoms. The van der Waals surface area contributed by atoms with Gasteiger partial charge in [0.2, 0.25) is 5.95 Å². The smallest absolute Gasteiger partial charge is 0.283 e. The summed E-state index contributed by atoms with van der Waals surface area (Å²) in [7, 11) is -4.12. The van der Waals surface area contributed by atoms with Crippen LogP contribution in [0, 0.1) is 18.6 Å². The second kappa shape index (κ2) is 8.72. The number of aryl methyl sites for hydroxylation is 1. The van der Waals surface area contributed by atoms with E-state index < -0.39 is 21.7 Å². The van der Waals surface area contributed by atoms with Gasteiger partial charge < -0.3 is 9.80 Å². The molecule has 0 spiro atoms. The molecule has 1 fully saturated rings. The van der Waals surface area contributed by atoms with Crippen molar-refractivity contribution in [3.8, 4) is 0 Å². The fraction of sp³-hybridized carbons (Fsp3) is 0.261. The number of hydrogen-bond donors (Lipinski definition) is 0. The van der Waals surface area contributed by atoms with Crippen LogP contribution < -0.4 is 9.80 Å². The van der Waals surface area contributed by atoms with Gasteiger partial charge in [-0.2, -0.15) is 12.5 Å². The van der Waals surface area contributed by atoms with Crippen molar-refractivity contribution in [3.63, 3.8) is 0 Å². The van der Waals surface area contributed by atoms with Gasteiger partial charge in [-0.15, -0.1) is 5.10 Å². The van der Waals surface area contributed by atoms with Crippen molar-refractivity contribution in [3.05, 3.63) is 71.0 Å². The van der Waals surface area contributed by atoms with Crippen LogP contribution in [0.1, 0.15) is 12.5 Å². The third-order valence-electron chi connectivity index (χ3n) is 5.99. The van der Waals surface area contributed by atoms with Crippen LogP contribution in [-0.4, -0.2) is 53.2 Å². The minimum Gasteiger partial charge on any atom is -0.348 e. The zero-order valence-electron chi connectivity index (χ0n) is 18.9. The molecular weight excluding hydrogens is 498 g/mol. The maximum atomic E-state index is 14.3. The Hall–Kier alpha value is -3.31. The van der Waals surface area contributed by atoms with Crippen LogP contribution in [0.5, 0.6) is 0 Å². The number of anilines is 2. The van der Waals surface area contributed by atoms with E-state index in [-0.39, 0.29) is 21.5 Å². The van der Waals surface area contributed by atoms with Gasteiger partial charge >= 0.3 is 0 Å². The quantitative estimate of drug-likeness (QED) is 0.403. The van der Waals surface area contributed by atoms with E-state index in [4.69, 9.17) is 11.6 Å². The average molecular weight is 519 g/mol. The van der Waals surface area contributed by atoms with E-state index in [1.54, 1.807) is 12.1 Å². The van der Waals surface area contributed by atoms with Crippen LogP contribution >= 0.6 is 11.6 Å². The fourth-order valence-electron chi connectivity index (χ4n) is 4.24. The van der Waals surface area contributed by atoms with E-state index in [0.29, 0.717) is 36.8 Å². The number of aromatic nitrogens is 4. The molecule has 182 valence electrons. The molecule has 4 aromatic rings. The van der Waals surface area contributed by atoms with Crippen molar-refractivity contribution < 1.29 is 17.2 Å². The highest BCUT2D eigenvalue weighted by molar-refractivity contribution is 7.90. The van der Waals surface area contributed by atoms with Gasteiger partial charge in [-0.25, -0.2) is 18.7 Å². The van der Waals surface area contributed by atoms with Gasteiger partial charge in [-0.3, -0.25) is 0 Å². The Balaban J connectivity index is 1.57. The normalized spacial score (nSPS) is 16.8. The highest BCUT2D eigenvalue weighted by atomic mass is 35.5. The van der Waals surface area contributed by atoms with Crippen molar-refractivity contribution in [2.75, 3.05) is 29.4 Å². The molecule has 0 amide bonds. The molecule has 5 rings (SSSR count). The summed E-state index contributed by atoms with van der Waals surface area (Å²) in [5, 5.41) is 4.87. The molecule has 0 N–H and O–H groups in total. The molecule has 0 aliphatic carbocycles. The van der Waals surface area contributed by atoms with E-state index in [2.05, 4.69) is 15.1 Å². The molecule has 35 heavy (non-hydrogen) atoms. The SMILES string of the molecule is Cc1ccc(S(=O)(=O)n2nc(N3CCN(c4ncc(F)cn4)C[C@H]3C)c3c(Cl)cc(F)cc32)cc1. The number of benzene rings is 2. The van der Waals surface area contributed by atoms with Gasteiger partial charge in [0.15, 0.2) is 11.6 Å². The summed E-state index contributed by atoms with van der Waals surface area (Å²) in [4.78, 5) is 12.0. The van der Waals surface area contributed by atoms with Gasteiger partial charge in [0, 0.05) is 31.7 Å². The topological polar surface area (TPSA) is 84.2 Å². The fourth-order valence-corrected chi connectivity index (χ4v) is 5.79. The Morgan fingerprint density at radius 2 is 1.71 bits per heavy atom. The average Bonchev–Trinajstić information content (AvgIpc) is 3.20. The summed E-state index contributed by atoms with van der Waals surface area (Å²) >= 11 is 6.42. The van der Waals surface area contributed by atoms with Crippen molar-refractivity contribution >= 4 is 44.3 Å². The van der Waals surface area contributed by atoms with Crippen LogP contribution in [0.2, 0.25) is 5.02 Å². The minimum atomic E-state index is -4.12. The summed E-state index contributed by atoms with van der Waals surface area (Å²) in [5.41, 5.74) is 0.961. The van der Waals surface area contributed by atoms with E-state index in [1.165, 1.54) is 12.1 Å². The van der Waals surface area contributed by atoms with Gasteiger partial charge in [0.25, 0.3) is 10.0 Å². The van der Waals surface area contributed by atoms with Gasteiger partial charge in [-0.05, 0) is 32.0 Å². The zero-order valence-corrected chi connectivity index (χ0v) is 20.4. The Morgan fingerprint density at radius 1 is 1.03 bits per heavy atom.